The molecule has 1 fully saturated rings. The number of hydrogen-bond donors (Lipinski definition) is 1. The summed E-state index contributed by atoms with van der Waals surface area (Å²) in [5.74, 6) is 0.895. The van der Waals surface area contributed by atoms with Crippen LogP contribution in [0.15, 0.2) is 18.5 Å². The van der Waals surface area contributed by atoms with Crippen molar-refractivity contribution in [1.82, 2.24) is 10.3 Å². The number of hydrogen-bond acceptors (Lipinski definition) is 3. The molecule has 19 heavy (non-hydrogen) atoms. The third-order valence-corrected chi connectivity index (χ3v) is 4.15. The van der Waals surface area contributed by atoms with E-state index in [9.17, 15) is 0 Å². The molecule has 2 rings (SSSR count). The molecule has 1 saturated carbocycles. The first-order valence-electron chi connectivity index (χ1n) is 7.49. The molecule has 0 aromatic carbocycles. The van der Waals surface area contributed by atoms with Crippen LogP contribution in [0.25, 0.3) is 0 Å². The molecule has 0 spiro atoms. The third kappa shape index (κ3) is 3.47. The van der Waals surface area contributed by atoms with Crippen molar-refractivity contribution in [3.8, 4) is 5.75 Å². The summed E-state index contributed by atoms with van der Waals surface area (Å²) in [7, 11) is 0. The van der Waals surface area contributed by atoms with Gasteiger partial charge < -0.3 is 10.1 Å². The number of nitrogens with one attached hydrogen (secondary N) is 1. The van der Waals surface area contributed by atoms with Crippen LogP contribution in [0.4, 0.5) is 0 Å². The van der Waals surface area contributed by atoms with E-state index in [4.69, 9.17) is 4.74 Å². The molecule has 2 unspecified atom stereocenters. The molecule has 3 nitrogen and oxygen atoms in total. The predicted octanol–water partition coefficient (Wildman–Crippen LogP) is 3.29. The number of nitrogens with zero attached hydrogens (tertiary/aromatic N) is 1. The molecule has 0 radical (unpaired) electrons. The minimum Gasteiger partial charge on any atom is -0.492 e. The lowest BCUT2D eigenvalue weighted by molar-refractivity contribution is 0.336. The van der Waals surface area contributed by atoms with Crippen LogP contribution in [0.1, 0.15) is 52.0 Å². The molecule has 1 N–H and O–H groups in total. The van der Waals surface area contributed by atoms with Gasteiger partial charge in [0, 0.05) is 12.2 Å². The second-order valence-electron chi connectivity index (χ2n) is 5.80. The van der Waals surface area contributed by atoms with Gasteiger partial charge in [-0.1, -0.05) is 13.8 Å². The average Bonchev–Trinajstić information content (AvgIpc) is 2.80. The number of pyridine rings is 1. The first kappa shape index (κ1) is 14.3. The molecule has 1 aliphatic carbocycles. The lowest BCUT2D eigenvalue weighted by atomic mass is 9.81. The highest BCUT2D eigenvalue weighted by molar-refractivity contribution is 5.31. The zero-order valence-corrected chi connectivity index (χ0v) is 12.4. The van der Waals surface area contributed by atoms with Crippen molar-refractivity contribution >= 4 is 0 Å². The highest BCUT2D eigenvalue weighted by Gasteiger charge is 2.36. The number of aromatic nitrogens is 1. The minimum absolute atomic E-state index is 0.242. The van der Waals surface area contributed by atoms with E-state index in [2.05, 4.69) is 30.2 Å². The molecule has 1 aliphatic rings. The number of ether oxygens (including phenoxy) is 1. The van der Waals surface area contributed by atoms with Crippen LogP contribution < -0.4 is 10.1 Å². The summed E-state index contributed by atoms with van der Waals surface area (Å²) >= 11 is 0. The second kappa shape index (κ2) is 6.38. The Labute approximate surface area is 116 Å². The quantitative estimate of drug-likeness (QED) is 0.854. The Morgan fingerprint density at radius 3 is 3.00 bits per heavy atom. The van der Waals surface area contributed by atoms with Gasteiger partial charge in [-0.25, -0.2) is 0 Å². The average molecular weight is 262 g/mol. The van der Waals surface area contributed by atoms with E-state index < -0.39 is 0 Å². The van der Waals surface area contributed by atoms with Crippen LogP contribution in [0.3, 0.4) is 0 Å². The van der Waals surface area contributed by atoms with Gasteiger partial charge in [-0.3, -0.25) is 4.98 Å². The van der Waals surface area contributed by atoms with E-state index in [0.717, 1.165) is 12.3 Å². The Morgan fingerprint density at radius 2 is 2.26 bits per heavy atom. The zero-order valence-electron chi connectivity index (χ0n) is 12.4. The standard InChI is InChI=1S/C16H26N2O/c1-4-8-18-14-6-7-16(3,10-14)13-9-15(19-5-2)12-17-11-13/h9,11-12,14,18H,4-8,10H2,1-3H3. The Bertz CT molecular complexity index is 407. The van der Waals surface area contributed by atoms with E-state index in [1.165, 1.54) is 31.2 Å². The van der Waals surface area contributed by atoms with Crippen molar-refractivity contribution in [3.63, 3.8) is 0 Å². The first-order chi connectivity index (χ1) is 9.18. The van der Waals surface area contributed by atoms with Crippen LogP contribution in [-0.2, 0) is 5.41 Å². The lowest BCUT2D eigenvalue weighted by Gasteiger charge is -2.25. The molecule has 0 amide bonds. The topological polar surface area (TPSA) is 34.2 Å². The van der Waals surface area contributed by atoms with Crippen molar-refractivity contribution in [3.05, 3.63) is 24.0 Å². The first-order valence-corrected chi connectivity index (χ1v) is 7.49. The van der Waals surface area contributed by atoms with Crippen molar-refractivity contribution < 1.29 is 4.74 Å². The summed E-state index contributed by atoms with van der Waals surface area (Å²) < 4.78 is 5.56. The second-order valence-corrected chi connectivity index (χ2v) is 5.80. The molecular formula is C16H26N2O. The molecule has 0 aliphatic heterocycles. The summed E-state index contributed by atoms with van der Waals surface area (Å²) in [6.07, 6.45) is 8.70. The van der Waals surface area contributed by atoms with Crippen LogP contribution in [-0.4, -0.2) is 24.2 Å². The molecular weight excluding hydrogens is 236 g/mol. The SMILES string of the molecule is CCCNC1CCC(C)(c2cncc(OCC)c2)C1. The molecule has 1 heterocycles. The molecule has 0 bridgehead atoms. The van der Waals surface area contributed by atoms with Gasteiger partial charge in [-0.2, -0.15) is 0 Å². The van der Waals surface area contributed by atoms with Crippen LogP contribution in [0.5, 0.6) is 5.75 Å². The zero-order chi connectivity index (χ0) is 13.7. The van der Waals surface area contributed by atoms with Gasteiger partial charge in [-0.15, -0.1) is 0 Å². The molecule has 106 valence electrons. The Kier molecular flexibility index (Phi) is 4.81. The fourth-order valence-electron chi connectivity index (χ4n) is 3.02. The summed E-state index contributed by atoms with van der Waals surface area (Å²) in [6.45, 7) is 8.40. The maximum Gasteiger partial charge on any atom is 0.137 e. The van der Waals surface area contributed by atoms with Crippen molar-refractivity contribution in [2.24, 2.45) is 0 Å². The van der Waals surface area contributed by atoms with Crippen LogP contribution in [0, 0.1) is 0 Å². The molecule has 0 saturated heterocycles. The molecule has 3 heteroatoms. The minimum atomic E-state index is 0.242. The monoisotopic (exact) mass is 262 g/mol. The third-order valence-electron chi connectivity index (χ3n) is 4.15. The van der Waals surface area contributed by atoms with Gasteiger partial charge in [0.15, 0.2) is 0 Å². The molecule has 1 aromatic rings. The Morgan fingerprint density at radius 1 is 1.42 bits per heavy atom. The lowest BCUT2D eigenvalue weighted by Crippen LogP contribution is -2.29. The normalized spacial score (nSPS) is 26.6. The highest BCUT2D eigenvalue weighted by atomic mass is 16.5. The van der Waals surface area contributed by atoms with E-state index in [1.54, 1.807) is 6.20 Å². The highest BCUT2D eigenvalue weighted by Crippen LogP contribution is 2.41. The summed E-state index contributed by atoms with van der Waals surface area (Å²) in [5.41, 5.74) is 1.56. The summed E-state index contributed by atoms with van der Waals surface area (Å²) in [6, 6.07) is 2.82. The Hall–Kier alpha value is -1.09. The molecule has 1 aromatic heterocycles. The molecule has 2 atom stereocenters. The number of rotatable bonds is 6. The van der Waals surface area contributed by atoms with Gasteiger partial charge in [-0.05, 0) is 56.2 Å². The maximum atomic E-state index is 5.56. The van der Waals surface area contributed by atoms with E-state index in [0.29, 0.717) is 12.6 Å². The Balaban J connectivity index is 2.06. The smallest absolute Gasteiger partial charge is 0.137 e. The summed E-state index contributed by atoms with van der Waals surface area (Å²) in [4.78, 5) is 4.33. The van der Waals surface area contributed by atoms with Crippen LogP contribution in [0.2, 0.25) is 0 Å². The maximum absolute atomic E-state index is 5.56. The predicted molar refractivity (Wildman–Crippen MR) is 78.7 cm³/mol. The van der Waals surface area contributed by atoms with E-state index in [1.807, 2.05) is 13.1 Å². The van der Waals surface area contributed by atoms with Crippen molar-refractivity contribution in [2.45, 2.75) is 57.9 Å². The van der Waals surface area contributed by atoms with Gasteiger partial charge >= 0.3 is 0 Å². The summed E-state index contributed by atoms with van der Waals surface area (Å²) in [5, 5.41) is 3.64. The largest absolute Gasteiger partial charge is 0.492 e. The van der Waals surface area contributed by atoms with Crippen molar-refractivity contribution in [1.29, 1.82) is 0 Å². The fraction of sp³-hybridized carbons (Fsp3) is 0.688. The van der Waals surface area contributed by atoms with Gasteiger partial charge in [0.25, 0.3) is 0 Å². The van der Waals surface area contributed by atoms with Crippen molar-refractivity contribution in [2.75, 3.05) is 13.2 Å². The fourth-order valence-corrected chi connectivity index (χ4v) is 3.02. The van der Waals surface area contributed by atoms with Gasteiger partial charge in [0.05, 0.1) is 12.8 Å². The van der Waals surface area contributed by atoms with E-state index in [-0.39, 0.29) is 5.41 Å². The van der Waals surface area contributed by atoms with E-state index >= 15 is 0 Å². The van der Waals surface area contributed by atoms with Gasteiger partial charge in [0.1, 0.15) is 5.75 Å². The van der Waals surface area contributed by atoms with Gasteiger partial charge in [0.2, 0.25) is 0 Å². The van der Waals surface area contributed by atoms with Crippen LogP contribution >= 0.6 is 0 Å².